The van der Waals surface area contributed by atoms with E-state index in [1.807, 2.05) is 13.8 Å². The molecule has 80 valence electrons. The fraction of sp³-hybridized carbons (Fsp3) is 0.750. The first kappa shape index (κ1) is 11.3. The third-order valence-corrected chi connectivity index (χ3v) is 3.33. The van der Waals surface area contributed by atoms with E-state index in [2.05, 4.69) is 19.1 Å². The van der Waals surface area contributed by atoms with Gasteiger partial charge in [0.15, 0.2) is 0 Å². The Labute approximate surface area is 86.0 Å². The predicted molar refractivity (Wildman–Crippen MR) is 57.1 cm³/mol. The third-order valence-electron chi connectivity index (χ3n) is 3.33. The van der Waals surface area contributed by atoms with Gasteiger partial charge in [-0.05, 0) is 24.2 Å². The largest absolute Gasteiger partial charge is 0.481 e. The highest BCUT2D eigenvalue weighted by Crippen LogP contribution is 2.60. The molecular formula is C12H20O2. The maximum absolute atomic E-state index is 10.9. The van der Waals surface area contributed by atoms with Crippen molar-refractivity contribution in [3.8, 4) is 0 Å². The lowest BCUT2D eigenvalue weighted by molar-refractivity contribution is -0.139. The molecule has 0 spiro atoms. The van der Waals surface area contributed by atoms with Crippen LogP contribution in [-0.4, -0.2) is 11.1 Å². The Morgan fingerprint density at radius 3 is 2.50 bits per heavy atom. The first-order valence-corrected chi connectivity index (χ1v) is 5.39. The number of carbonyl (C=O) groups is 1. The molecule has 0 aromatic carbocycles. The number of allylic oxidation sites excluding steroid dienone is 2. The molecule has 0 aromatic rings. The Morgan fingerprint density at radius 2 is 2.07 bits per heavy atom. The lowest BCUT2D eigenvalue weighted by Gasteiger charge is -1.97. The highest BCUT2D eigenvalue weighted by Gasteiger charge is 2.60. The van der Waals surface area contributed by atoms with Crippen molar-refractivity contribution >= 4 is 5.97 Å². The molecular weight excluding hydrogens is 176 g/mol. The van der Waals surface area contributed by atoms with Gasteiger partial charge in [0.1, 0.15) is 0 Å². The van der Waals surface area contributed by atoms with Crippen molar-refractivity contribution in [2.75, 3.05) is 0 Å². The minimum absolute atomic E-state index is 0.00237. The van der Waals surface area contributed by atoms with Crippen LogP contribution in [0.3, 0.4) is 0 Å². The number of unbranched alkanes of at least 4 members (excludes halogenated alkanes) is 1. The zero-order valence-electron chi connectivity index (χ0n) is 9.29. The second-order valence-corrected chi connectivity index (χ2v) is 4.74. The Balaban J connectivity index is 2.37. The summed E-state index contributed by atoms with van der Waals surface area (Å²) in [6, 6.07) is 0. The zero-order chi connectivity index (χ0) is 10.8. The molecule has 1 rings (SSSR count). The topological polar surface area (TPSA) is 37.3 Å². The highest BCUT2D eigenvalue weighted by molar-refractivity contribution is 5.75. The van der Waals surface area contributed by atoms with Crippen molar-refractivity contribution in [3.05, 3.63) is 12.2 Å². The number of carboxylic acid groups (broad SMARTS) is 1. The van der Waals surface area contributed by atoms with Crippen LogP contribution >= 0.6 is 0 Å². The molecule has 1 fully saturated rings. The summed E-state index contributed by atoms with van der Waals surface area (Å²) in [5, 5.41) is 8.94. The second kappa shape index (κ2) is 4.16. The van der Waals surface area contributed by atoms with Crippen molar-refractivity contribution in [1.82, 2.24) is 0 Å². The number of carboxylic acids is 1. The third kappa shape index (κ3) is 2.17. The van der Waals surface area contributed by atoms with Crippen LogP contribution in [0, 0.1) is 17.3 Å². The number of hydrogen-bond donors (Lipinski definition) is 1. The van der Waals surface area contributed by atoms with Crippen LogP contribution in [0.5, 0.6) is 0 Å². The summed E-state index contributed by atoms with van der Waals surface area (Å²) in [6.07, 6.45) is 7.48. The molecule has 1 N–H and O–H groups in total. The van der Waals surface area contributed by atoms with Gasteiger partial charge in [0.05, 0.1) is 5.92 Å². The molecule has 14 heavy (non-hydrogen) atoms. The van der Waals surface area contributed by atoms with Crippen molar-refractivity contribution in [2.45, 2.75) is 40.0 Å². The summed E-state index contributed by atoms with van der Waals surface area (Å²) in [7, 11) is 0. The molecule has 0 heterocycles. The fourth-order valence-corrected chi connectivity index (χ4v) is 2.20. The summed E-state index contributed by atoms with van der Waals surface area (Å²) >= 11 is 0. The number of rotatable bonds is 5. The molecule has 0 aliphatic heterocycles. The van der Waals surface area contributed by atoms with Gasteiger partial charge in [-0.25, -0.2) is 0 Å². The maximum atomic E-state index is 10.9. The van der Waals surface area contributed by atoms with E-state index in [-0.39, 0.29) is 11.3 Å². The standard InChI is InChI=1S/C12H20O2/c1-4-5-6-7-8-9-10(11(13)14)12(9,2)3/h6-7,9-10H,4-5,8H2,1-3H3,(H,13,14)/b7-6+. The highest BCUT2D eigenvalue weighted by atomic mass is 16.4. The second-order valence-electron chi connectivity index (χ2n) is 4.74. The van der Waals surface area contributed by atoms with Gasteiger partial charge in [-0.15, -0.1) is 0 Å². The molecule has 1 aliphatic carbocycles. The van der Waals surface area contributed by atoms with Crippen LogP contribution in [0.4, 0.5) is 0 Å². The Morgan fingerprint density at radius 1 is 1.43 bits per heavy atom. The molecule has 1 aliphatic rings. The van der Waals surface area contributed by atoms with Gasteiger partial charge in [0.25, 0.3) is 0 Å². The predicted octanol–water partition coefficient (Wildman–Crippen LogP) is 3.09. The molecule has 0 aromatic heterocycles. The minimum Gasteiger partial charge on any atom is -0.481 e. The van der Waals surface area contributed by atoms with E-state index in [1.54, 1.807) is 0 Å². The fourth-order valence-electron chi connectivity index (χ4n) is 2.20. The van der Waals surface area contributed by atoms with Gasteiger partial charge in [0.2, 0.25) is 0 Å². The summed E-state index contributed by atoms with van der Waals surface area (Å²) in [5.74, 6) is -0.425. The average molecular weight is 196 g/mol. The minimum atomic E-state index is -0.635. The summed E-state index contributed by atoms with van der Waals surface area (Å²) < 4.78 is 0. The van der Waals surface area contributed by atoms with Crippen LogP contribution in [0.2, 0.25) is 0 Å². The van der Waals surface area contributed by atoms with E-state index in [9.17, 15) is 4.79 Å². The van der Waals surface area contributed by atoms with Gasteiger partial charge in [-0.3, -0.25) is 4.79 Å². The van der Waals surface area contributed by atoms with Gasteiger partial charge in [-0.1, -0.05) is 39.3 Å². The molecule has 2 unspecified atom stereocenters. The Bertz CT molecular complexity index is 241. The molecule has 2 nitrogen and oxygen atoms in total. The summed E-state index contributed by atoms with van der Waals surface area (Å²) in [4.78, 5) is 10.9. The van der Waals surface area contributed by atoms with Gasteiger partial charge in [0, 0.05) is 0 Å². The zero-order valence-corrected chi connectivity index (χ0v) is 9.29. The van der Waals surface area contributed by atoms with Crippen LogP contribution in [0.15, 0.2) is 12.2 Å². The van der Waals surface area contributed by atoms with Gasteiger partial charge >= 0.3 is 5.97 Å². The van der Waals surface area contributed by atoms with Gasteiger partial charge < -0.3 is 5.11 Å². The smallest absolute Gasteiger partial charge is 0.307 e. The van der Waals surface area contributed by atoms with E-state index < -0.39 is 5.97 Å². The van der Waals surface area contributed by atoms with Gasteiger partial charge in [-0.2, -0.15) is 0 Å². The van der Waals surface area contributed by atoms with Crippen LogP contribution in [0.1, 0.15) is 40.0 Å². The molecule has 2 heteroatoms. The lowest BCUT2D eigenvalue weighted by atomic mass is 10.1. The monoisotopic (exact) mass is 196 g/mol. The van der Waals surface area contributed by atoms with E-state index in [0.29, 0.717) is 5.92 Å². The van der Waals surface area contributed by atoms with Crippen molar-refractivity contribution < 1.29 is 9.90 Å². The Hall–Kier alpha value is -0.790. The Kier molecular flexibility index (Phi) is 3.35. The lowest BCUT2D eigenvalue weighted by Crippen LogP contribution is -2.03. The molecule has 1 saturated carbocycles. The van der Waals surface area contributed by atoms with E-state index in [1.165, 1.54) is 0 Å². The molecule has 0 bridgehead atoms. The van der Waals surface area contributed by atoms with E-state index in [0.717, 1.165) is 19.3 Å². The average Bonchev–Trinajstić information content (AvgIpc) is 2.62. The summed E-state index contributed by atoms with van der Waals surface area (Å²) in [6.45, 7) is 6.24. The first-order chi connectivity index (χ1) is 6.51. The molecule has 0 amide bonds. The number of aliphatic carboxylic acids is 1. The van der Waals surface area contributed by atoms with Crippen molar-refractivity contribution in [2.24, 2.45) is 17.3 Å². The normalized spacial score (nSPS) is 29.4. The maximum Gasteiger partial charge on any atom is 0.307 e. The molecule has 0 radical (unpaired) electrons. The van der Waals surface area contributed by atoms with E-state index >= 15 is 0 Å². The van der Waals surface area contributed by atoms with Crippen LogP contribution < -0.4 is 0 Å². The van der Waals surface area contributed by atoms with Crippen LogP contribution in [-0.2, 0) is 4.79 Å². The first-order valence-electron chi connectivity index (χ1n) is 5.39. The SMILES string of the molecule is CCC/C=C/CC1C(C(=O)O)C1(C)C. The molecule has 0 saturated heterocycles. The van der Waals surface area contributed by atoms with Crippen molar-refractivity contribution in [1.29, 1.82) is 0 Å². The number of hydrogen-bond acceptors (Lipinski definition) is 1. The molecule has 2 atom stereocenters. The van der Waals surface area contributed by atoms with Crippen LogP contribution in [0.25, 0.3) is 0 Å². The van der Waals surface area contributed by atoms with Crippen molar-refractivity contribution in [3.63, 3.8) is 0 Å². The summed E-state index contributed by atoms with van der Waals surface area (Å²) in [5.41, 5.74) is 0.00237. The quantitative estimate of drug-likeness (QED) is 0.686. The van der Waals surface area contributed by atoms with E-state index in [4.69, 9.17) is 5.11 Å².